The van der Waals surface area contributed by atoms with Crippen LogP contribution in [0.25, 0.3) is 0 Å². The van der Waals surface area contributed by atoms with Crippen LogP contribution in [0, 0.1) is 17.3 Å². The van der Waals surface area contributed by atoms with Gasteiger partial charge in [0.2, 0.25) is 0 Å². The van der Waals surface area contributed by atoms with Crippen molar-refractivity contribution < 1.29 is 0 Å². The Kier molecular flexibility index (Phi) is 2.61. The third kappa shape index (κ3) is 1.60. The Balaban J connectivity index is 2.46. The van der Waals surface area contributed by atoms with Crippen LogP contribution in [0.1, 0.15) is 53.4 Å². The maximum absolute atomic E-state index is 2.45. The molecule has 0 aromatic rings. The van der Waals surface area contributed by atoms with E-state index in [1.165, 1.54) is 25.7 Å². The minimum atomic E-state index is 0.773. The molecule has 11 heavy (non-hydrogen) atoms. The summed E-state index contributed by atoms with van der Waals surface area (Å²) in [5.41, 5.74) is 0.773. The van der Waals surface area contributed by atoms with Gasteiger partial charge in [0.1, 0.15) is 0 Å². The van der Waals surface area contributed by atoms with E-state index in [0.717, 1.165) is 17.3 Å². The van der Waals surface area contributed by atoms with E-state index in [0.29, 0.717) is 0 Å². The lowest BCUT2D eigenvalue weighted by Gasteiger charge is -2.27. The predicted molar refractivity (Wildman–Crippen MR) is 50.6 cm³/mol. The SMILES string of the molecule is CCC(C)C(C)C1(CC)CC1. The Morgan fingerprint density at radius 2 is 1.73 bits per heavy atom. The average molecular weight is 154 g/mol. The van der Waals surface area contributed by atoms with Gasteiger partial charge in [-0.25, -0.2) is 0 Å². The fraction of sp³-hybridized carbons (Fsp3) is 1.00. The fourth-order valence-electron chi connectivity index (χ4n) is 2.25. The van der Waals surface area contributed by atoms with Gasteiger partial charge in [0.25, 0.3) is 0 Å². The van der Waals surface area contributed by atoms with E-state index in [1.807, 2.05) is 0 Å². The molecule has 1 saturated carbocycles. The zero-order chi connectivity index (χ0) is 8.48. The molecule has 0 radical (unpaired) electrons. The molecule has 66 valence electrons. The lowest BCUT2D eigenvalue weighted by molar-refractivity contribution is 0.227. The van der Waals surface area contributed by atoms with E-state index in [9.17, 15) is 0 Å². The van der Waals surface area contributed by atoms with Crippen molar-refractivity contribution in [2.75, 3.05) is 0 Å². The first-order valence-electron chi connectivity index (χ1n) is 5.16. The van der Waals surface area contributed by atoms with Crippen molar-refractivity contribution in [2.45, 2.75) is 53.4 Å². The summed E-state index contributed by atoms with van der Waals surface area (Å²) in [7, 11) is 0. The molecule has 0 aromatic heterocycles. The molecule has 0 heterocycles. The van der Waals surface area contributed by atoms with Gasteiger partial charge in [-0.15, -0.1) is 0 Å². The van der Waals surface area contributed by atoms with Crippen molar-refractivity contribution >= 4 is 0 Å². The van der Waals surface area contributed by atoms with Gasteiger partial charge in [0, 0.05) is 0 Å². The highest BCUT2D eigenvalue weighted by Gasteiger charge is 2.46. The van der Waals surface area contributed by atoms with Gasteiger partial charge in [-0.05, 0) is 30.1 Å². The maximum atomic E-state index is 2.45. The molecule has 2 unspecified atom stereocenters. The van der Waals surface area contributed by atoms with Gasteiger partial charge in [-0.3, -0.25) is 0 Å². The van der Waals surface area contributed by atoms with Gasteiger partial charge in [0.15, 0.2) is 0 Å². The zero-order valence-corrected chi connectivity index (χ0v) is 8.48. The van der Waals surface area contributed by atoms with Gasteiger partial charge < -0.3 is 0 Å². The first-order chi connectivity index (χ1) is 5.16. The molecule has 0 bridgehead atoms. The largest absolute Gasteiger partial charge is 0.0651 e. The summed E-state index contributed by atoms with van der Waals surface area (Å²) in [6, 6.07) is 0. The van der Waals surface area contributed by atoms with Crippen molar-refractivity contribution in [3.8, 4) is 0 Å². The molecule has 0 N–H and O–H groups in total. The highest BCUT2D eigenvalue weighted by Crippen LogP contribution is 2.57. The third-order valence-corrected chi connectivity index (χ3v) is 4.06. The van der Waals surface area contributed by atoms with Crippen LogP contribution in [0.4, 0.5) is 0 Å². The van der Waals surface area contributed by atoms with Crippen LogP contribution in [0.5, 0.6) is 0 Å². The normalized spacial score (nSPS) is 26.2. The van der Waals surface area contributed by atoms with Gasteiger partial charge in [-0.2, -0.15) is 0 Å². The molecule has 2 atom stereocenters. The zero-order valence-electron chi connectivity index (χ0n) is 8.48. The molecule has 0 spiro atoms. The lowest BCUT2D eigenvalue weighted by atomic mass is 9.78. The van der Waals surface area contributed by atoms with Crippen molar-refractivity contribution in [3.05, 3.63) is 0 Å². The minimum absolute atomic E-state index is 0.773. The third-order valence-electron chi connectivity index (χ3n) is 4.06. The highest BCUT2D eigenvalue weighted by atomic mass is 14.5. The standard InChI is InChI=1S/C11H22/c1-5-9(3)10(4)11(6-2)7-8-11/h9-10H,5-8H2,1-4H3. The monoisotopic (exact) mass is 154 g/mol. The summed E-state index contributed by atoms with van der Waals surface area (Å²) in [4.78, 5) is 0. The molecule has 1 rings (SSSR count). The Morgan fingerprint density at radius 3 is 2.00 bits per heavy atom. The van der Waals surface area contributed by atoms with Gasteiger partial charge >= 0.3 is 0 Å². The molecule has 0 amide bonds. The first kappa shape index (κ1) is 9.09. The molecule has 0 aromatic carbocycles. The molecule has 0 nitrogen and oxygen atoms in total. The highest BCUT2D eigenvalue weighted by molar-refractivity contribution is 4.96. The van der Waals surface area contributed by atoms with Crippen molar-refractivity contribution in [1.29, 1.82) is 0 Å². The van der Waals surface area contributed by atoms with Crippen LogP contribution in [0.2, 0.25) is 0 Å². The van der Waals surface area contributed by atoms with E-state index in [-0.39, 0.29) is 0 Å². The van der Waals surface area contributed by atoms with Crippen LogP contribution in [-0.2, 0) is 0 Å². The van der Waals surface area contributed by atoms with Gasteiger partial charge in [0.05, 0.1) is 0 Å². The molecule has 1 fully saturated rings. The summed E-state index contributed by atoms with van der Waals surface area (Å²) < 4.78 is 0. The average Bonchev–Trinajstić information content (AvgIpc) is 2.82. The molecule has 1 aliphatic carbocycles. The maximum Gasteiger partial charge on any atom is -0.0271 e. The Bertz CT molecular complexity index is 122. The summed E-state index contributed by atoms with van der Waals surface area (Å²) in [5.74, 6) is 1.88. The van der Waals surface area contributed by atoms with Crippen molar-refractivity contribution in [1.82, 2.24) is 0 Å². The van der Waals surface area contributed by atoms with Crippen LogP contribution in [0.15, 0.2) is 0 Å². The van der Waals surface area contributed by atoms with Gasteiger partial charge in [-0.1, -0.05) is 40.5 Å². The first-order valence-corrected chi connectivity index (χ1v) is 5.16. The summed E-state index contributed by atoms with van der Waals surface area (Å²) in [6.07, 6.45) is 5.74. The van der Waals surface area contributed by atoms with Crippen LogP contribution in [0.3, 0.4) is 0 Å². The van der Waals surface area contributed by atoms with E-state index < -0.39 is 0 Å². The van der Waals surface area contributed by atoms with E-state index in [4.69, 9.17) is 0 Å². The summed E-state index contributed by atoms with van der Waals surface area (Å²) in [5, 5.41) is 0. The summed E-state index contributed by atoms with van der Waals surface area (Å²) in [6.45, 7) is 9.52. The molecule has 0 saturated heterocycles. The quantitative estimate of drug-likeness (QED) is 0.577. The molecular formula is C11H22. The number of hydrogen-bond donors (Lipinski definition) is 0. The predicted octanol–water partition coefficient (Wildman–Crippen LogP) is 3.86. The topological polar surface area (TPSA) is 0 Å². The number of rotatable bonds is 4. The van der Waals surface area contributed by atoms with Crippen LogP contribution >= 0.6 is 0 Å². The van der Waals surface area contributed by atoms with E-state index >= 15 is 0 Å². The molecule has 0 heteroatoms. The van der Waals surface area contributed by atoms with Crippen molar-refractivity contribution in [2.24, 2.45) is 17.3 Å². The fourth-order valence-corrected chi connectivity index (χ4v) is 2.25. The Hall–Kier alpha value is 0. The van der Waals surface area contributed by atoms with E-state index in [1.54, 1.807) is 0 Å². The van der Waals surface area contributed by atoms with Crippen molar-refractivity contribution in [3.63, 3.8) is 0 Å². The second-order valence-corrected chi connectivity index (χ2v) is 4.39. The second-order valence-electron chi connectivity index (χ2n) is 4.39. The minimum Gasteiger partial charge on any atom is -0.0651 e. The lowest BCUT2D eigenvalue weighted by Crippen LogP contribution is -2.18. The van der Waals surface area contributed by atoms with Crippen LogP contribution < -0.4 is 0 Å². The Labute approximate surface area is 71.4 Å². The second kappa shape index (κ2) is 3.16. The van der Waals surface area contributed by atoms with E-state index in [2.05, 4.69) is 27.7 Å². The molecule has 0 aliphatic heterocycles. The van der Waals surface area contributed by atoms with Crippen LogP contribution in [-0.4, -0.2) is 0 Å². The molecular weight excluding hydrogens is 132 g/mol. The molecule has 1 aliphatic rings. The number of hydrogen-bond acceptors (Lipinski definition) is 0. The summed E-state index contributed by atoms with van der Waals surface area (Å²) >= 11 is 0. The smallest absolute Gasteiger partial charge is 0.0271 e. The Morgan fingerprint density at radius 1 is 1.18 bits per heavy atom.